The van der Waals surface area contributed by atoms with Crippen LogP contribution in [0, 0.1) is 5.82 Å². The standard InChI is InChI=1S/C49H60FN9O8/c1-26(64-3)42(55-48(62)66-5)46(60)57-21-7-9-40(57)44-51-33-16-13-30(24-35(33)53-44)37-19-20-38(59(37)39-18-15-29(23-32(39)50)28-11-12-28)31-14-17-34-36(25-31)54-45(52-34)41-10-8-22-58(41)47(61)43(27(2)65-4)56-49(63)67-6/h13-18,23-28,37-38,40-43H,7-12,19-22H2,1-6H3,(H,51,53)(H,52,54)(H,55,62)(H,56,63)/t26-,27-,37+,38?,40+,41+,42+,43+/m1/s1. The van der Waals surface area contributed by atoms with Gasteiger partial charge in [-0.3, -0.25) is 9.59 Å². The minimum Gasteiger partial charge on any atom is -0.453 e. The smallest absolute Gasteiger partial charge is 0.407 e. The zero-order valence-corrected chi connectivity index (χ0v) is 38.8. The number of ether oxygens (including phenoxy) is 4. The summed E-state index contributed by atoms with van der Waals surface area (Å²) >= 11 is 0. The predicted octanol–water partition coefficient (Wildman–Crippen LogP) is 7.38. The highest BCUT2D eigenvalue weighted by atomic mass is 19.1. The summed E-state index contributed by atoms with van der Waals surface area (Å²) in [6, 6.07) is 15.1. The van der Waals surface area contributed by atoms with Crippen molar-refractivity contribution in [2.24, 2.45) is 0 Å². The van der Waals surface area contributed by atoms with Crippen molar-refractivity contribution in [3.8, 4) is 0 Å². The van der Waals surface area contributed by atoms with E-state index in [1.165, 1.54) is 28.4 Å². The fourth-order valence-electron chi connectivity index (χ4n) is 10.4. The van der Waals surface area contributed by atoms with Crippen molar-refractivity contribution in [2.45, 2.75) is 120 Å². The summed E-state index contributed by atoms with van der Waals surface area (Å²) in [4.78, 5) is 75.1. The Hall–Kier alpha value is -6.27. The van der Waals surface area contributed by atoms with Crippen LogP contribution in [0.15, 0.2) is 54.6 Å². The lowest BCUT2D eigenvalue weighted by molar-refractivity contribution is -0.138. The highest BCUT2D eigenvalue weighted by molar-refractivity contribution is 5.88. The number of carbonyl (C=O) groups excluding carboxylic acids is 4. The van der Waals surface area contributed by atoms with Crippen LogP contribution >= 0.6 is 0 Å². The molecule has 4 fully saturated rings. The van der Waals surface area contributed by atoms with Gasteiger partial charge >= 0.3 is 12.2 Å². The maximum absolute atomic E-state index is 16.6. The fourth-order valence-corrected chi connectivity index (χ4v) is 10.4. The number of methoxy groups -OCH3 is 4. The molecular formula is C49H60FN9O8. The van der Waals surface area contributed by atoms with Gasteiger partial charge in [0.15, 0.2) is 0 Å². The topological polar surface area (TPSA) is 196 Å². The highest BCUT2D eigenvalue weighted by Gasteiger charge is 2.42. The molecule has 0 spiro atoms. The van der Waals surface area contributed by atoms with E-state index in [0.29, 0.717) is 49.2 Å². The first-order valence-corrected chi connectivity index (χ1v) is 23.3. The van der Waals surface area contributed by atoms with Crippen LogP contribution in [0.2, 0.25) is 0 Å². The van der Waals surface area contributed by atoms with Gasteiger partial charge in [0.05, 0.1) is 78.3 Å². The van der Waals surface area contributed by atoms with E-state index in [0.717, 1.165) is 77.3 Å². The van der Waals surface area contributed by atoms with E-state index in [2.05, 4.69) is 55.8 Å². The van der Waals surface area contributed by atoms with Gasteiger partial charge in [0.25, 0.3) is 0 Å². The molecule has 3 aliphatic heterocycles. The second kappa shape index (κ2) is 19.1. The van der Waals surface area contributed by atoms with Crippen LogP contribution in [-0.2, 0) is 28.5 Å². The second-order valence-electron chi connectivity index (χ2n) is 18.3. The summed E-state index contributed by atoms with van der Waals surface area (Å²) in [7, 11) is 5.50. The van der Waals surface area contributed by atoms with Crippen LogP contribution in [0.4, 0.5) is 19.7 Å². The predicted molar refractivity (Wildman–Crippen MR) is 247 cm³/mol. The first-order chi connectivity index (χ1) is 32.4. The maximum Gasteiger partial charge on any atom is 0.407 e. The van der Waals surface area contributed by atoms with Crippen LogP contribution in [0.25, 0.3) is 22.1 Å². The third-order valence-electron chi connectivity index (χ3n) is 14.3. The van der Waals surface area contributed by atoms with Crippen LogP contribution < -0.4 is 15.5 Å². The number of fused-ring (bicyclic) bond motifs is 2. The van der Waals surface area contributed by atoms with E-state index in [4.69, 9.17) is 28.9 Å². The van der Waals surface area contributed by atoms with E-state index in [1.807, 2.05) is 18.2 Å². The highest BCUT2D eigenvalue weighted by Crippen LogP contribution is 2.50. The van der Waals surface area contributed by atoms with Gasteiger partial charge < -0.3 is 54.2 Å². The number of hydrogen-bond donors (Lipinski definition) is 4. The number of hydrogen-bond acceptors (Lipinski definition) is 11. The lowest BCUT2D eigenvalue weighted by Crippen LogP contribution is -2.54. The maximum atomic E-state index is 16.6. The number of rotatable bonds is 14. The first kappa shape index (κ1) is 45.9. The van der Waals surface area contributed by atoms with Crippen molar-refractivity contribution < 1.29 is 42.5 Å². The second-order valence-corrected chi connectivity index (χ2v) is 18.3. The molecule has 356 valence electrons. The molecule has 0 radical (unpaired) electrons. The Bertz CT molecular complexity index is 2500. The molecule has 4 N–H and O–H groups in total. The summed E-state index contributed by atoms with van der Waals surface area (Å²) < 4.78 is 37.1. The Balaban J connectivity index is 1.01. The van der Waals surface area contributed by atoms with Crippen molar-refractivity contribution in [3.63, 3.8) is 0 Å². The van der Waals surface area contributed by atoms with Gasteiger partial charge in [-0.15, -0.1) is 0 Å². The Morgan fingerprint density at radius 1 is 0.627 bits per heavy atom. The number of benzene rings is 3. The van der Waals surface area contributed by atoms with Gasteiger partial charge in [0.2, 0.25) is 11.8 Å². The molecule has 9 rings (SSSR count). The molecule has 67 heavy (non-hydrogen) atoms. The van der Waals surface area contributed by atoms with Gasteiger partial charge in [0, 0.05) is 27.3 Å². The lowest BCUT2D eigenvalue weighted by Gasteiger charge is -2.33. The molecular weight excluding hydrogens is 862 g/mol. The number of likely N-dealkylation sites (tertiary alicyclic amines) is 2. The molecule has 0 bridgehead atoms. The third kappa shape index (κ3) is 9.00. The van der Waals surface area contributed by atoms with Crippen molar-refractivity contribution in [1.82, 2.24) is 40.4 Å². The summed E-state index contributed by atoms with van der Waals surface area (Å²) in [6.07, 6.45) is 3.93. The van der Waals surface area contributed by atoms with Gasteiger partial charge in [-0.25, -0.2) is 23.9 Å². The Kier molecular flexibility index (Phi) is 13.1. The summed E-state index contributed by atoms with van der Waals surface area (Å²) in [6.45, 7) is 4.46. The molecule has 1 aliphatic carbocycles. The fraction of sp³-hybridized carbons (Fsp3) is 0.510. The summed E-state index contributed by atoms with van der Waals surface area (Å²) in [5, 5.41) is 5.29. The van der Waals surface area contributed by atoms with Gasteiger partial charge in [-0.05, 0) is 124 Å². The quantitative estimate of drug-likeness (QED) is 0.0868. The molecule has 3 saturated heterocycles. The average molecular weight is 922 g/mol. The number of aromatic nitrogens is 4. The van der Waals surface area contributed by atoms with Crippen molar-refractivity contribution in [3.05, 3.63) is 88.8 Å². The van der Waals surface area contributed by atoms with E-state index in [1.54, 1.807) is 29.7 Å². The molecule has 4 aliphatic rings. The van der Waals surface area contributed by atoms with Gasteiger partial charge in [-0.1, -0.05) is 18.2 Å². The van der Waals surface area contributed by atoms with Crippen LogP contribution in [0.5, 0.6) is 0 Å². The molecule has 18 heteroatoms. The van der Waals surface area contributed by atoms with E-state index >= 15 is 4.39 Å². The monoisotopic (exact) mass is 921 g/mol. The molecule has 1 saturated carbocycles. The number of carbonyl (C=O) groups is 4. The normalized spacial score (nSPS) is 22.5. The minimum atomic E-state index is -0.945. The average Bonchev–Trinajstić information content (AvgIpc) is 3.88. The largest absolute Gasteiger partial charge is 0.453 e. The van der Waals surface area contributed by atoms with Crippen molar-refractivity contribution in [1.29, 1.82) is 0 Å². The number of H-pyrrole nitrogens is 2. The molecule has 17 nitrogen and oxygen atoms in total. The zero-order valence-electron chi connectivity index (χ0n) is 38.8. The number of amides is 4. The number of halogens is 1. The van der Waals surface area contributed by atoms with E-state index in [9.17, 15) is 19.2 Å². The van der Waals surface area contributed by atoms with Crippen LogP contribution in [-0.4, -0.2) is 120 Å². The molecule has 5 heterocycles. The Morgan fingerprint density at radius 3 is 1.51 bits per heavy atom. The molecule has 1 unspecified atom stereocenters. The summed E-state index contributed by atoms with van der Waals surface area (Å²) in [5.41, 5.74) is 6.66. The molecule has 8 atom stereocenters. The van der Waals surface area contributed by atoms with E-state index in [-0.39, 0.29) is 41.8 Å². The number of imidazole rings is 2. The minimum absolute atomic E-state index is 0.189. The van der Waals surface area contributed by atoms with Gasteiger partial charge in [-0.2, -0.15) is 0 Å². The number of nitrogens with zero attached hydrogens (tertiary/aromatic N) is 5. The lowest BCUT2D eigenvalue weighted by atomic mass is 10.0. The van der Waals surface area contributed by atoms with Crippen LogP contribution in [0.1, 0.15) is 124 Å². The molecule has 2 aromatic heterocycles. The van der Waals surface area contributed by atoms with Crippen molar-refractivity contribution in [2.75, 3.05) is 46.4 Å². The Labute approximate surface area is 388 Å². The molecule has 4 amide bonds. The first-order valence-electron chi connectivity index (χ1n) is 23.3. The van der Waals surface area contributed by atoms with E-state index < -0.39 is 36.5 Å². The summed E-state index contributed by atoms with van der Waals surface area (Å²) in [5.74, 6) is 0.900. The zero-order chi connectivity index (χ0) is 47.1. The van der Waals surface area contributed by atoms with Crippen molar-refractivity contribution >= 4 is 51.8 Å². The SMILES string of the molecule is COC(=O)N[C@H](C(=O)N1CCC[C@H]1c1nc2cc(C3CC[C@@H](c4ccc5[nH]c([C@@H]6CCCN6C(=O)[C@@H](NC(=O)OC)[C@@H](C)OC)nc5c4)N3c3ccc(C4CC4)cc3F)ccc2[nH]1)[C@@H](C)OC. The number of alkyl carbamates (subject to hydrolysis) is 2. The third-order valence-corrected chi connectivity index (χ3v) is 14.3. The van der Waals surface area contributed by atoms with Gasteiger partial charge in [0.1, 0.15) is 29.5 Å². The molecule has 5 aromatic rings. The number of aromatic amines is 2. The Morgan fingerprint density at radius 2 is 1.09 bits per heavy atom. The number of nitrogens with one attached hydrogen (secondary N) is 4. The molecule has 3 aromatic carbocycles. The van der Waals surface area contributed by atoms with Crippen LogP contribution in [0.3, 0.4) is 0 Å². The number of anilines is 1.